The molecule has 0 aliphatic heterocycles. The number of hydrogen-bond donors (Lipinski definition) is 0. The van der Waals surface area contributed by atoms with Gasteiger partial charge in [0.1, 0.15) is 5.75 Å². The zero-order valence-electron chi connectivity index (χ0n) is 24.0. The van der Waals surface area contributed by atoms with Crippen molar-refractivity contribution < 1.29 is 17.9 Å². The van der Waals surface area contributed by atoms with Gasteiger partial charge >= 0.3 is 0 Å². The van der Waals surface area contributed by atoms with Gasteiger partial charge in [0.05, 0.1) is 25.2 Å². The molecule has 210 valence electrons. The van der Waals surface area contributed by atoms with E-state index in [4.69, 9.17) is 9.47 Å². The minimum Gasteiger partial charge on any atom is -0.497 e. The number of likely N-dealkylation sites (N-methyl/N-ethyl adjacent to an activating group) is 2. The highest BCUT2D eigenvalue weighted by molar-refractivity contribution is 7.89. The third-order valence-electron chi connectivity index (χ3n) is 8.21. The molecule has 0 amide bonds. The van der Waals surface area contributed by atoms with Gasteiger partial charge in [-0.05, 0) is 107 Å². The Bertz CT molecular complexity index is 977. The summed E-state index contributed by atoms with van der Waals surface area (Å²) in [6.45, 7) is 11.4. The summed E-state index contributed by atoms with van der Waals surface area (Å²) in [6, 6.07) is 4.02. The molecule has 37 heavy (non-hydrogen) atoms. The third kappa shape index (κ3) is 8.44. The van der Waals surface area contributed by atoms with Gasteiger partial charge in [-0.2, -0.15) is 4.31 Å². The van der Waals surface area contributed by atoms with E-state index in [1.165, 1.54) is 62.3 Å². The summed E-state index contributed by atoms with van der Waals surface area (Å²) in [4.78, 5) is 5.14. The van der Waals surface area contributed by atoms with Crippen molar-refractivity contribution in [1.82, 2.24) is 14.1 Å². The van der Waals surface area contributed by atoms with Crippen LogP contribution < -0.4 is 4.74 Å². The van der Waals surface area contributed by atoms with Gasteiger partial charge in [-0.3, -0.25) is 0 Å². The predicted molar refractivity (Wildman–Crippen MR) is 151 cm³/mol. The number of ether oxygens (including phenoxy) is 2. The zero-order valence-corrected chi connectivity index (χ0v) is 24.8. The second-order valence-corrected chi connectivity index (χ2v) is 13.3. The van der Waals surface area contributed by atoms with Crippen molar-refractivity contribution in [1.29, 1.82) is 0 Å². The van der Waals surface area contributed by atoms with Crippen LogP contribution in [0.5, 0.6) is 5.75 Å². The fourth-order valence-corrected chi connectivity index (χ4v) is 7.07. The first-order valence-corrected chi connectivity index (χ1v) is 15.2. The second kappa shape index (κ2) is 13.5. The predicted octanol–water partition coefficient (Wildman–Crippen LogP) is 4.69. The molecule has 2 fully saturated rings. The van der Waals surface area contributed by atoms with Crippen molar-refractivity contribution in [3.8, 4) is 5.75 Å². The van der Waals surface area contributed by atoms with Crippen LogP contribution in [0.25, 0.3) is 0 Å². The molecule has 0 atom stereocenters. The van der Waals surface area contributed by atoms with Gasteiger partial charge in [0, 0.05) is 38.9 Å². The average Bonchev–Trinajstić information content (AvgIpc) is 3.68. The van der Waals surface area contributed by atoms with Crippen molar-refractivity contribution in [2.45, 2.75) is 69.7 Å². The largest absolute Gasteiger partial charge is 0.497 e. The van der Waals surface area contributed by atoms with Gasteiger partial charge in [0.25, 0.3) is 0 Å². The van der Waals surface area contributed by atoms with E-state index in [0.29, 0.717) is 41.0 Å². The minimum atomic E-state index is -3.62. The summed E-state index contributed by atoms with van der Waals surface area (Å²) in [6.07, 6.45) is 9.14. The van der Waals surface area contributed by atoms with E-state index < -0.39 is 10.0 Å². The standard InChI is InChI=1S/C29H49N3O4S/c1-22-18-28(35-7)19-23(2)29(22)37(33,34)31(5)16-17-36-21-24(3)32(6)27-12-10-25(11-13-27)14-15-30(4)20-26-8-9-26/h18-19,25-27H,3,8-17,20-21H2,1-2,4-7H3. The lowest BCUT2D eigenvalue weighted by molar-refractivity contribution is 0.112. The molecule has 2 aliphatic carbocycles. The van der Waals surface area contributed by atoms with Crippen LogP contribution in [0.3, 0.4) is 0 Å². The van der Waals surface area contributed by atoms with Crippen LogP contribution in [-0.2, 0) is 14.8 Å². The molecule has 2 saturated carbocycles. The number of rotatable bonds is 15. The summed E-state index contributed by atoms with van der Waals surface area (Å²) in [5, 5.41) is 0. The Morgan fingerprint density at radius 2 is 1.57 bits per heavy atom. The molecule has 0 N–H and O–H groups in total. The molecule has 0 spiro atoms. The second-order valence-electron chi connectivity index (χ2n) is 11.3. The van der Waals surface area contributed by atoms with Gasteiger partial charge < -0.3 is 19.3 Å². The lowest BCUT2D eigenvalue weighted by Crippen LogP contribution is -2.36. The normalized spacial score (nSPS) is 20.4. The molecule has 0 radical (unpaired) electrons. The maximum Gasteiger partial charge on any atom is 0.243 e. The minimum absolute atomic E-state index is 0.282. The summed E-state index contributed by atoms with van der Waals surface area (Å²) in [7, 11) is 3.96. The van der Waals surface area contributed by atoms with Crippen molar-refractivity contribution in [2.24, 2.45) is 11.8 Å². The van der Waals surface area contributed by atoms with E-state index in [1.807, 2.05) is 0 Å². The Labute approximate surface area is 225 Å². The quantitative estimate of drug-likeness (QED) is 0.304. The summed E-state index contributed by atoms with van der Waals surface area (Å²) >= 11 is 0. The van der Waals surface area contributed by atoms with Crippen LogP contribution in [0.15, 0.2) is 29.3 Å². The van der Waals surface area contributed by atoms with Gasteiger partial charge in [0.2, 0.25) is 10.0 Å². The highest BCUT2D eigenvalue weighted by atomic mass is 32.2. The molecule has 1 aromatic rings. The third-order valence-corrected chi connectivity index (χ3v) is 10.4. The maximum absolute atomic E-state index is 13.2. The molecule has 0 bridgehead atoms. The fourth-order valence-electron chi connectivity index (χ4n) is 5.51. The Morgan fingerprint density at radius 1 is 0.973 bits per heavy atom. The molecule has 0 aromatic heterocycles. The van der Waals surface area contributed by atoms with Crippen molar-refractivity contribution in [2.75, 3.05) is 61.1 Å². The van der Waals surface area contributed by atoms with Crippen molar-refractivity contribution in [3.05, 3.63) is 35.5 Å². The Morgan fingerprint density at radius 3 is 2.14 bits per heavy atom. The van der Waals surface area contributed by atoms with Gasteiger partial charge in [-0.15, -0.1) is 0 Å². The number of methoxy groups -OCH3 is 1. The number of aryl methyl sites for hydroxylation is 2. The highest BCUT2D eigenvalue weighted by Gasteiger charge is 2.27. The Balaban J connectivity index is 1.37. The van der Waals surface area contributed by atoms with E-state index in [1.54, 1.807) is 40.1 Å². The first-order valence-electron chi connectivity index (χ1n) is 13.8. The fraction of sp³-hybridized carbons (Fsp3) is 0.724. The monoisotopic (exact) mass is 535 g/mol. The van der Waals surface area contributed by atoms with E-state index in [-0.39, 0.29) is 6.54 Å². The number of sulfonamides is 1. The van der Waals surface area contributed by atoms with E-state index in [9.17, 15) is 8.42 Å². The topological polar surface area (TPSA) is 62.3 Å². The van der Waals surface area contributed by atoms with Crippen LogP contribution >= 0.6 is 0 Å². The number of nitrogens with zero attached hydrogens (tertiary/aromatic N) is 3. The SMILES string of the molecule is C=C(COCCN(C)S(=O)(=O)c1c(C)cc(OC)cc1C)N(C)C1CCC(CCN(C)CC2CC2)CC1. The molecular formula is C29H49N3O4S. The van der Waals surface area contributed by atoms with Crippen LogP contribution in [0.1, 0.15) is 56.1 Å². The molecular weight excluding hydrogens is 486 g/mol. The van der Waals surface area contributed by atoms with E-state index >= 15 is 0 Å². The number of benzene rings is 1. The molecule has 2 aliphatic rings. The van der Waals surface area contributed by atoms with Crippen LogP contribution in [0.4, 0.5) is 0 Å². The number of hydrogen-bond acceptors (Lipinski definition) is 6. The zero-order chi connectivity index (χ0) is 27.2. The summed E-state index contributed by atoms with van der Waals surface area (Å²) < 4.78 is 38.8. The van der Waals surface area contributed by atoms with Gasteiger partial charge in [0.15, 0.2) is 0 Å². The van der Waals surface area contributed by atoms with Crippen LogP contribution in [0.2, 0.25) is 0 Å². The lowest BCUT2D eigenvalue weighted by atomic mass is 9.83. The Kier molecular flexibility index (Phi) is 10.9. The highest BCUT2D eigenvalue weighted by Crippen LogP contribution is 2.32. The first-order chi connectivity index (χ1) is 17.5. The smallest absolute Gasteiger partial charge is 0.243 e. The molecule has 0 unspecified atom stereocenters. The molecule has 0 heterocycles. The first kappa shape index (κ1) is 29.9. The molecule has 3 rings (SSSR count). The molecule has 7 nitrogen and oxygen atoms in total. The van der Waals surface area contributed by atoms with Crippen LogP contribution in [0, 0.1) is 25.7 Å². The van der Waals surface area contributed by atoms with Gasteiger partial charge in [-0.25, -0.2) is 8.42 Å². The van der Waals surface area contributed by atoms with Crippen LogP contribution in [-0.4, -0.2) is 89.7 Å². The van der Waals surface area contributed by atoms with Crippen molar-refractivity contribution >= 4 is 10.0 Å². The molecule has 8 heteroatoms. The summed E-state index contributed by atoms with van der Waals surface area (Å²) in [5.41, 5.74) is 2.32. The van der Waals surface area contributed by atoms with E-state index in [0.717, 1.165) is 17.5 Å². The summed E-state index contributed by atoms with van der Waals surface area (Å²) in [5.74, 6) is 2.47. The average molecular weight is 536 g/mol. The Hall–Kier alpha value is -1.61. The van der Waals surface area contributed by atoms with E-state index in [2.05, 4.69) is 30.5 Å². The lowest BCUT2D eigenvalue weighted by Gasteiger charge is -2.37. The molecule has 1 aromatic carbocycles. The maximum atomic E-state index is 13.2. The van der Waals surface area contributed by atoms with Gasteiger partial charge in [-0.1, -0.05) is 6.58 Å². The molecule has 0 saturated heterocycles. The van der Waals surface area contributed by atoms with Crippen molar-refractivity contribution in [3.63, 3.8) is 0 Å².